The molecule has 128 valence electrons. The van der Waals surface area contributed by atoms with Gasteiger partial charge in [-0.15, -0.1) is 0 Å². The number of rotatable bonds is 7. The fraction of sp³-hybridized carbons (Fsp3) is 0.375. The van der Waals surface area contributed by atoms with E-state index in [0.717, 1.165) is 18.4 Å². The van der Waals surface area contributed by atoms with Gasteiger partial charge in [0.2, 0.25) is 17.8 Å². The lowest BCUT2D eigenvalue weighted by Gasteiger charge is -2.20. The molecule has 0 aliphatic carbocycles. The van der Waals surface area contributed by atoms with Crippen molar-refractivity contribution >= 4 is 29.6 Å². The van der Waals surface area contributed by atoms with Crippen molar-refractivity contribution in [1.29, 1.82) is 0 Å². The number of amides is 1. The lowest BCUT2D eigenvalue weighted by Crippen LogP contribution is -2.34. The van der Waals surface area contributed by atoms with Crippen LogP contribution in [0.2, 0.25) is 0 Å². The summed E-state index contributed by atoms with van der Waals surface area (Å²) in [6.07, 6.45) is 1.85. The van der Waals surface area contributed by atoms with Crippen LogP contribution in [0.3, 0.4) is 0 Å². The highest BCUT2D eigenvalue weighted by Gasteiger charge is 2.20. The number of nitrogen functional groups attached to an aromatic ring is 2. The molecule has 0 spiro atoms. The minimum atomic E-state index is -0.380. The fourth-order valence-corrected chi connectivity index (χ4v) is 3.02. The molecule has 24 heavy (non-hydrogen) atoms. The van der Waals surface area contributed by atoms with Gasteiger partial charge in [0.15, 0.2) is 5.16 Å². The number of thioether (sulfide) groups is 1. The second kappa shape index (κ2) is 8.49. The van der Waals surface area contributed by atoms with Crippen molar-refractivity contribution in [1.82, 2.24) is 20.3 Å². The first-order valence-corrected chi connectivity index (χ1v) is 8.66. The highest BCUT2D eigenvalue weighted by molar-refractivity contribution is 8.00. The maximum Gasteiger partial charge on any atom is 0.233 e. The predicted molar refractivity (Wildman–Crippen MR) is 96.2 cm³/mol. The zero-order chi connectivity index (χ0) is 17.5. The maximum absolute atomic E-state index is 12.5. The molecular formula is C16H22N6OS. The molecule has 1 heterocycles. The molecule has 7 nitrogen and oxygen atoms in total. The van der Waals surface area contributed by atoms with Gasteiger partial charge in [0.25, 0.3) is 0 Å². The van der Waals surface area contributed by atoms with Gasteiger partial charge < -0.3 is 16.8 Å². The van der Waals surface area contributed by atoms with Crippen molar-refractivity contribution in [2.24, 2.45) is 0 Å². The number of nitrogens with one attached hydrogen (secondary N) is 1. The monoisotopic (exact) mass is 346 g/mol. The second-order valence-corrected chi connectivity index (χ2v) is 6.66. The average molecular weight is 346 g/mol. The lowest BCUT2D eigenvalue weighted by molar-refractivity contribution is -0.121. The summed E-state index contributed by atoms with van der Waals surface area (Å²) in [5.74, 6) is 0.0105. The quantitative estimate of drug-likeness (QED) is 0.657. The van der Waals surface area contributed by atoms with Crippen LogP contribution in [-0.2, 0) is 4.79 Å². The first-order valence-electron chi connectivity index (χ1n) is 7.78. The summed E-state index contributed by atoms with van der Waals surface area (Å²) in [6.45, 7) is 3.89. The Hall–Kier alpha value is -2.35. The van der Waals surface area contributed by atoms with Crippen LogP contribution in [0, 0.1) is 0 Å². The number of benzene rings is 1. The van der Waals surface area contributed by atoms with Gasteiger partial charge in [-0.3, -0.25) is 4.79 Å². The zero-order valence-corrected chi connectivity index (χ0v) is 14.6. The standard InChI is InChI=1S/C16H22N6OS/c1-3-7-12(11-8-5-4-6-9-11)19-13(23)10(2)24-16-21-14(17)20-15(18)22-16/h4-6,8-10,12H,3,7H2,1-2H3,(H,19,23)(H4,17,18,20,21,22)/t10-,12-/m1/s1. The van der Waals surface area contributed by atoms with Crippen LogP contribution in [-0.4, -0.2) is 26.1 Å². The van der Waals surface area contributed by atoms with Gasteiger partial charge in [0.1, 0.15) is 0 Å². The van der Waals surface area contributed by atoms with Crippen molar-refractivity contribution in [2.45, 2.75) is 43.1 Å². The predicted octanol–water partition coefficient (Wildman–Crippen LogP) is 2.17. The van der Waals surface area contributed by atoms with Gasteiger partial charge in [0.05, 0.1) is 11.3 Å². The van der Waals surface area contributed by atoms with E-state index in [1.54, 1.807) is 6.92 Å². The normalized spacial score (nSPS) is 13.2. The van der Waals surface area contributed by atoms with Crippen LogP contribution in [0.4, 0.5) is 11.9 Å². The van der Waals surface area contributed by atoms with E-state index in [1.807, 2.05) is 30.3 Å². The van der Waals surface area contributed by atoms with Gasteiger partial charge in [-0.2, -0.15) is 15.0 Å². The molecule has 5 N–H and O–H groups in total. The Morgan fingerprint density at radius 1 is 1.17 bits per heavy atom. The third-order valence-electron chi connectivity index (χ3n) is 3.40. The Kier molecular flexibility index (Phi) is 6.36. The molecule has 2 atom stereocenters. The van der Waals surface area contributed by atoms with E-state index in [4.69, 9.17) is 11.5 Å². The molecule has 0 bridgehead atoms. The summed E-state index contributed by atoms with van der Waals surface area (Å²) in [7, 11) is 0. The van der Waals surface area contributed by atoms with Crippen LogP contribution < -0.4 is 16.8 Å². The molecule has 0 saturated heterocycles. The number of carbonyl (C=O) groups excluding carboxylic acids is 1. The highest BCUT2D eigenvalue weighted by atomic mass is 32.2. The van der Waals surface area contributed by atoms with Crippen LogP contribution in [0.15, 0.2) is 35.5 Å². The molecule has 8 heteroatoms. The van der Waals surface area contributed by atoms with Gasteiger partial charge in [-0.1, -0.05) is 55.4 Å². The van der Waals surface area contributed by atoms with E-state index >= 15 is 0 Å². The van der Waals surface area contributed by atoms with E-state index in [1.165, 1.54) is 11.8 Å². The number of hydrogen-bond donors (Lipinski definition) is 3. The Labute approximate surface area is 145 Å². The first-order chi connectivity index (χ1) is 11.5. The van der Waals surface area contributed by atoms with Crippen LogP contribution in [0.5, 0.6) is 0 Å². The SMILES string of the molecule is CCC[C@@H](NC(=O)[C@@H](C)Sc1nc(N)nc(N)n1)c1ccccc1. The van der Waals surface area contributed by atoms with E-state index in [-0.39, 0.29) is 29.1 Å². The Bertz CT molecular complexity index is 661. The van der Waals surface area contributed by atoms with Crippen molar-refractivity contribution < 1.29 is 4.79 Å². The van der Waals surface area contributed by atoms with Crippen molar-refractivity contribution in [3.8, 4) is 0 Å². The zero-order valence-electron chi connectivity index (χ0n) is 13.8. The largest absolute Gasteiger partial charge is 0.368 e. The van der Waals surface area contributed by atoms with Crippen molar-refractivity contribution in [2.75, 3.05) is 11.5 Å². The molecule has 0 aliphatic heterocycles. The summed E-state index contributed by atoms with van der Waals surface area (Å²) >= 11 is 1.20. The smallest absolute Gasteiger partial charge is 0.233 e. The van der Waals surface area contributed by atoms with E-state index < -0.39 is 0 Å². The van der Waals surface area contributed by atoms with Crippen LogP contribution in [0.25, 0.3) is 0 Å². The van der Waals surface area contributed by atoms with Crippen molar-refractivity contribution in [3.63, 3.8) is 0 Å². The number of nitrogens with two attached hydrogens (primary N) is 2. The summed E-state index contributed by atoms with van der Waals surface area (Å²) in [6, 6.07) is 9.93. The number of nitrogens with zero attached hydrogens (tertiary/aromatic N) is 3. The van der Waals surface area contributed by atoms with Crippen LogP contribution >= 0.6 is 11.8 Å². The molecule has 0 saturated carbocycles. The molecule has 2 aromatic rings. The molecule has 1 amide bonds. The molecule has 0 aliphatic rings. The molecular weight excluding hydrogens is 324 g/mol. The van der Waals surface area contributed by atoms with E-state index in [2.05, 4.69) is 27.2 Å². The third kappa shape index (κ3) is 5.09. The highest BCUT2D eigenvalue weighted by Crippen LogP contribution is 2.23. The Morgan fingerprint density at radius 3 is 2.38 bits per heavy atom. The fourth-order valence-electron chi connectivity index (χ4n) is 2.24. The summed E-state index contributed by atoms with van der Waals surface area (Å²) in [5, 5.41) is 3.05. The number of carbonyl (C=O) groups is 1. The molecule has 2 rings (SSSR count). The summed E-state index contributed by atoms with van der Waals surface area (Å²) < 4.78 is 0. The van der Waals surface area contributed by atoms with E-state index in [0.29, 0.717) is 5.16 Å². The number of hydrogen-bond acceptors (Lipinski definition) is 7. The molecule has 0 fully saturated rings. The molecule has 0 unspecified atom stereocenters. The maximum atomic E-state index is 12.5. The molecule has 1 aromatic carbocycles. The Balaban J connectivity index is 2.03. The number of anilines is 2. The minimum Gasteiger partial charge on any atom is -0.368 e. The van der Waals surface area contributed by atoms with Gasteiger partial charge in [0, 0.05) is 0 Å². The van der Waals surface area contributed by atoms with Gasteiger partial charge >= 0.3 is 0 Å². The lowest BCUT2D eigenvalue weighted by atomic mass is 10.0. The topological polar surface area (TPSA) is 120 Å². The number of aromatic nitrogens is 3. The summed E-state index contributed by atoms with van der Waals surface area (Å²) in [4.78, 5) is 24.2. The minimum absolute atomic E-state index is 0.0137. The second-order valence-electron chi connectivity index (χ2n) is 5.35. The van der Waals surface area contributed by atoms with E-state index in [9.17, 15) is 4.79 Å². The van der Waals surface area contributed by atoms with Gasteiger partial charge in [-0.25, -0.2) is 0 Å². The third-order valence-corrected chi connectivity index (χ3v) is 4.36. The summed E-state index contributed by atoms with van der Waals surface area (Å²) in [5.41, 5.74) is 12.2. The molecule has 1 aromatic heterocycles. The van der Waals surface area contributed by atoms with Gasteiger partial charge in [-0.05, 0) is 18.9 Å². The average Bonchev–Trinajstić information content (AvgIpc) is 2.54. The Morgan fingerprint density at radius 2 is 1.79 bits per heavy atom. The molecule has 0 radical (unpaired) electrons. The van der Waals surface area contributed by atoms with Crippen molar-refractivity contribution in [3.05, 3.63) is 35.9 Å². The van der Waals surface area contributed by atoms with Crippen LogP contribution in [0.1, 0.15) is 38.3 Å². The first kappa shape index (κ1) is 18.0.